The third-order valence-electron chi connectivity index (χ3n) is 0.578. The van der Waals surface area contributed by atoms with Crippen LogP contribution in [0.3, 0.4) is 0 Å². The van der Waals surface area contributed by atoms with Gasteiger partial charge in [-0.05, 0) is 12.2 Å². The first-order valence-electron chi connectivity index (χ1n) is 1.90. The summed E-state index contributed by atoms with van der Waals surface area (Å²) in [4.78, 5) is 4.50. The van der Waals surface area contributed by atoms with Crippen molar-refractivity contribution in [3.63, 3.8) is 0 Å². The number of hydrogen-bond donors (Lipinski definition) is 1. The molecule has 0 bridgehead atoms. The molecule has 0 aromatic rings. The number of allylic oxidation sites excluding steroid dienone is 2. The van der Waals surface area contributed by atoms with E-state index in [1.807, 2.05) is 0 Å². The molecule has 0 unspecified atom stereocenters. The predicted octanol–water partition coefficient (Wildman–Crippen LogP) is 0.159. The summed E-state index contributed by atoms with van der Waals surface area (Å²) < 4.78 is 0. The van der Waals surface area contributed by atoms with Gasteiger partial charge in [-0.1, -0.05) is 0 Å². The van der Waals surface area contributed by atoms with Crippen molar-refractivity contribution in [2.45, 2.75) is 0 Å². The Morgan fingerprint density at radius 2 is 2.57 bits per heavy atom. The Balaban J connectivity index is 2.57. The largest absolute Gasteiger partial charge is 0.389 e. The second-order valence-electron chi connectivity index (χ2n) is 1.13. The van der Waals surface area contributed by atoms with Crippen molar-refractivity contribution in [3.8, 4) is 0 Å². The first kappa shape index (κ1) is 4.05. The first-order valence-corrected chi connectivity index (χ1v) is 1.90. The van der Waals surface area contributed by atoms with Gasteiger partial charge in [0.2, 0.25) is 0 Å². The molecule has 1 aliphatic rings. The van der Waals surface area contributed by atoms with Gasteiger partial charge in [0.05, 0.1) is 0 Å². The van der Waals surface area contributed by atoms with Crippen LogP contribution in [0.1, 0.15) is 0 Å². The van der Waals surface area contributed by atoms with Gasteiger partial charge < -0.3 is 4.84 Å². The van der Waals surface area contributed by atoms with Crippen molar-refractivity contribution in [1.29, 1.82) is 0 Å². The van der Waals surface area contributed by atoms with E-state index in [0.717, 1.165) is 0 Å². The molecule has 1 aliphatic heterocycles. The lowest BCUT2D eigenvalue weighted by Crippen LogP contribution is -2.12. The van der Waals surface area contributed by atoms with E-state index in [1.165, 1.54) is 6.26 Å². The molecule has 0 saturated heterocycles. The Morgan fingerprint density at radius 3 is 2.86 bits per heavy atom. The van der Waals surface area contributed by atoms with E-state index < -0.39 is 0 Å². The van der Waals surface area contributed by atoms with Crippen molar-refractivity contribution in [1.82, 2.24) is 11.2 Å². The second-order valence-corrected chi connectivity index (χ2v) is 1.13. The molecule has 37 valence electrons. The number of hydroxylamine groups is 1. The summed E-state index contributed by atoms with van der Waals surface area (Å²) in [6, 6.07) is 0. The Morgan fingerprint density at radius 1 is 1.71 bits per heavy atom. The molecule has 1 rings (SSSR count). The van der Waals surface area contributed by atoms with Gasteiger partial charge in [0.15, 0.2) is 5.82 Å². The maximum Gasteiger partial charge on any atom is 0.152 e. The number of hydrogen-bond acceptors (Lipinski definition) is 2. The molecule has 2 N–H and O–H groups in total. The van der Waals surface area contributed by atoms with Crippen molar-refractivity contribution in [3.05, 3.63) is 24.2 Å². The molecule has 0 amide bonds. The highest BCUT2D eigenvalue weighted by Gasteiger charge is 1.87. The first-order chi connectivity index (χ1) is 3.39. The molecule has 7 heavy (non-hydrogen) atoms. The normalized spacial score (nSPS) is 16.9. The highest BCUT2D eigenvalue weighted by Crippen LogP contribution is 1.88. The summed E-state index contributed by atoms with van der Waals surface area (Å²) >= 11 is 0. The van der Waals surface area contributed by atoms with Gasteiger partial charge in [0, 0.05) is 0 Å². The van der Waals surface area contributed by atoms with Crippen molar-refractivity contribution < 1.29 is 4.84 Å². The van der Waals surface area contributed by atoms with Gasteiger partial charge in [-0.25, -0.2) is 5.48 Å². The molecule has 0 aromatic carbocycles. The molecule has 0 aromatic heterocycles. The molecule has 0 atom stereocenters. The molecule has 0 saturated carbocycles. The van der Waals surface area contributed by atoms with E-state index in [0.29, 0.717) is 0 Å². The fourth-order valence-electron chi connectivity index (χ4n) is 0.306. The second kappa shape index (κ2) is 1.55. The lowest BCUT2D eigenvalue weighted by Gasteiger charge is -2.03. The minimum Gasteiger partial charge on any atom is -0.389 e. The molecule has 0 aliphatic carbocycles. The van der Waals surface area contributed by atoms with Crippen LogP contribution in [-0.4, -0.2) is 0 Å². The van der Waals surface area contributed by atoms with Crippen molar-refractivity contribution >= 4 is 0 Å². The molecule has 3 nitrogen and oxygen atoms in total. The van der Waals surface area contributed by atoms with E-state index in [9.17, 15) is 0 Å². The minimum absolute atomic E-state index is 0.280. The zero-order chi connectivity index (χ0) is 5.11. The average Bonchev–Trinajstić information content (AvgIpc) is 1.69. The van der Waals surface area contributed by atoms with Crippen LogP contribution in [0.5, 0.6) is 0 Å². The van der Waals surface area contributed by atoms with Crippen LogP contribution in [0.15, 0.2) is 24.2 Å². The van der Waals surface area contributed by atoms with Crippen LogP contribution >= 0.6 is 0 Å². The summed E-state index contributed by atoms with van der Waals surface area (Å²) in [5.74, 6) is 0.280. The number of rotatable bonds is 0. The third kappa shape index (κ3) is 0.855. The Kier molecular flexibility index (Phi) is 0.898. The smallest absolute Gasteiger partial charge is 0.152 e. The summed E-state index contributed by atoms with van der Waals surface area (Å²) in [6.07, 6.45) is 4.72. The highest BCUT2D eigenvalue weighted by molar-refractivity contribution is 5.07. The van der Waals surface area contributed by atoms with E-state index >= 15 is 0 Å². The molecule has 0 fully saturated rings. The van der Waals surface area contributed by atoms with Crippen LogP contribution in [0, 0.1) is 0 Å². The van der Waals surface area contributed by atoms with E-state index in [-0.39, 0.29) is 5.82 Å². The average molecular weight is 97.1 g/mol. The topological polar surface area (TPSA) is 45.1 Å². The van der Waals surface area contributed by atoms with Gasteiger partial charge >= 0.3 is 0 Å². The lowest BCUT2D eigenvalue weighted by molar-refractivity contribution is 0.157. The maximum absolute atomic E-state index is 6.85. The standard InChI is InChI=1S/C4H5N2O/c5-4-2-1-3-7-6-4/h1-3,5-6H. The molecule has 3 heteroatoms. The maximum atomic E-state index is 6.85. The van der Waals surface area contributed by atoms with Gasteiger partial charge in [-0.3, -0.25) is 5.73 Å². The monoisotopic (exact) mass is 97.0 g/mol. The molecule has 1 heterocycles. The summed E-state index contributed by atoms with van der Waals surface area (Å²) in [6.45, 7) is 0. The third-order valence-corrected chi connectivity index (χ3v) is 0.578. The Labute approximate surface area is 41.4 Å². The minimum atomic E-state index is 0.280. The fourth-order valence-corrected chi connectivity index (χ4v) is 0.306. The fraction of sp³-hybridized carbons (Fsp3) is 0. The number of nitrogens with one attached hydrogen (secondary N) is 2. The van der Waals surface area contributed by atoms with Crippen molar-refractivity contribution in [2.75, 3.05) is 0 Å². The molecular formula is C4H5N2O. The lowest BCUT2D eigenvalue weighted by atomic mass is 10.5. The predicted molar refractivity (Wildman–Crippen MR) is 24.5 cm³/mol. The molecule has 0 spiro atoms. The Hall–Kier alpha value is -1.12. The van der Waals surface area contributed by atoms with Gasteiger partial charge in [-0.2, -0.15) is 0 Å². The van der Waals surface area contributed by atoms with Crippen molar-refractivity contribution in [2.24, 2.45) is 0 Å². The highest BCUT2D eigenvalue weighted by atomic mass is 16.6. The van der Waals surface area contributed by atoms with Crippen LogP contribution in [0.4, 0.5) is 0 Å². The van der Waals surface area contributed by atoms with Gasteiger partial charge in [0.1, 0.15) is 6.26 Å². The summed E-state index contributed by atoms with van der Waals surface area (Å²) in [5, 5.41) is 0. The molecule has 1 radical (unpaired) electrons. The van der Waals surface area contributed by atoms with Crippen LogP contribution in [0.25, 0.3) is 0 Å². The van der Waals surface area contributed by atoms with E-state index in [4.69, 9.17) is 5.73 Å². The van der Waals surface area contributed by atoms with Crippen LogP contribution < -0.4 is 11.2 Å². The van der Waals surface area contributed by atoms with E-state index in [1.54, 1.807) is 12.2 Å². The zero-order valence-electron chi connectivity index (χ0n) is 3.64. The van der Waals surface area contributed by atoms with Crippen LogP contribution in [0.2, 0.25) is 0 Å². The molecular weight excluding hydrogens is 92.1 g/mol. The SMILES string of the molecule is [NH]C1=CC=CON1. The van der Waals surface area contributed by atoms with Crippen LogP contribution in [-0.2, 0) is 4.84 Å². The van der Waals surface area contributed by atoms with Gasteiger partial charge in [-0.15, -0.1) is 0 Å². The zero-order valence-corrected chi connectivity index (χ0v) is 3.64. The summed E-state index contributed by atoms with van der Waals surface area (Å²) in [7, 11) is 0. The van der Waals surface area contributed by atoms with E-state index in [2.05, 4.69) is 10.3 Å². The van der Waals surface area contributed by atoms with Gasteiger partial charge in [0.25, 0.3) is 0 Å². The quantitative estimate of drug-likeness (QED) is 0.468. The summed E-state index contributed by atoms with van der Waals surface area (Å²) in [5.41, 5.74) is 9.17. The Bertz CT molecular complexity index is 117.